The number of nitrogens with zero attached hydrogens (tertiary/aromatic N) is 1. The van der Waals surface area contributed by atoms with E-state index in [0.29, 0.717) is 12.6 Å². The van der Waals surface area contributed by atoms with E-state index in [0.717, 1.165) is 30.7 Å². The zero-order valence-corrected chi connectivity index (χ0v) is 10.9. The molecule has 18 heavy (non-hydrogen) atoms. The van der Waals surface area contributed by atoms with Crippen molar-refractivity contribution in [1.29, 1.82) is 0 Å². The molecule has 1 aliphatic heterocycles. The second kappa shape index (κ2) is 7.03. The van der Waals surface area contributed by atoms with Crippen molar-refractivity contribution in [1.82, 2.24) is 10.3 Å². The minimum absolute atomic E-state index is 0.504. The molecule has 0 spiro atoms. The molecule has 1 N–H and O–H groups in total. The standard InChI is InChI=1S/C15H20N2O/c1-2-3-4-5-6-13-9-15(11-16-10-13)18-12-14-7-8-17-14/h9-11,14,17H,2-4,7-8,12H2,1H3/t14-/m0/s1. The Balaban J connectivity index is 1.84. The first-order valence-electron chi connectivity index (χ1n) is 6.68. The van der Waals surface area contributed by atoms with Crippen LogP contribution in [-0.2, 0) is 0 Å². The molecule has 1 saturated heterocycles. The molecule has 0 aliphatic carbocycles. The summed E-state index contributed by atoms with van der Waals surface area (Å²) < 4.78 is 5.69. The average molecular weight is 244 g/mol. The van der Waals surface area contributed by atoms with Gasteiger partial charge in [-0.15, -0.1) is 0 Å². The minimum atomic E-state index is 0.504. The van der Waals surface area contributed by atoms with Gasteiger partial charge in [0.15, 0.2) is 0 Å². The fraction of sp³-hybridized carbons (Fsp3) is 0.533. The van der Waals surface area contributed by atoms with E-state index in [4.69, 9.17) is 4.74 Å². The fourth-order valence-electron chi connectivity index (χ4n) is 1.68. The summed E-state index contributed by atoms with van der Waals surface area (Å²) in [4.78, 5) is 4.16. The lowest BCUT2D eigenvalue weighted by Gasteiger charge is -2.27. The van der Waals surface area contributed by atoms with E-state index >= 15 is 0 Å². The first kappa shape index (κ1) is 12.9. The van der Waals surface area contributed by atoms with Crippen LogP contribution in [0.1, 0.15) is 38.2 Å². The Kier molecular flexibility index (Phi) is 5.04. The predicted octanol–water partition coefficient (Wildman–Crippen LogP) is 2.36. The van der Waals surface area contributed by atoms with Crippen molar-refractivity contribution in [2.45, 2.75) is 38.6 Å². The number of unbranched alkanes of at least 4 members (excludes halogenated alkanes) is 2. The van der Waals surface area contributed by atoms with Gasteiger partial charge in [0.05, 0.1) is 6.20 Å². The lowest BCUT2D eigenvalue weighted by molar-refractivity contribution is 0.217. The van der Waals surface area contributed by atoms with Crippen LogP contribution in [0.4, 0.5) is 0 Å². The fourth-order valence-corrected chi connectivity index (χ4v) is 1.68. The van der Waals surface area contributed by atoms with E-state index in [1.807, 2.05) is 6.07 Å². The summed E-state index contributed by atoms with van der Waals surface area (Å²) in [5, 5.41) is 3.31. The molecular weight excluding hydrogens is 224 g/mol. The van der Waals surface area contributed by atoms with Gasteiger partial charge in [0.1, 0.15) is 12.4 Å². The SMILES string of the molecule is CCCCC#Cc1cncc(OC[C@@H]2CCN2)c1. The smallest absolute Gasteiger partial charge is 0.138 e. The molecule has 96 valence electrons. The Hall–Kier alpha value is -1.53. The number of rotatable bonds is 5. The van der Waals surface area contributed by atoms with E-state index in [2.05, 4.69) is 29.1 Å². The van der Waals surface area contributed by atoms with Gasteiger partial charge in [0.2, 0.25) is 0 Å². The molecule has 0 aromatic carbocycles. The summed E-state index contributed by atoms with van der Waals surface area (Å²) >= 11 is 0. The predicted molar refractivity (Wildman–Crippen MR) is 72.5 cm³/mol. The third-order valence-electron chi connectivity index (χ3n) is 2.98. The Morgan fingerprint density at radius 3 is 3.11 bits per heavy atom. The van der Waals surface area contributed by atoms with Crippen LogP contribution >= 0.6 is 0 Å². The molecule has 2 heterocycles. The molecule has 0 radical (unpaired) electrons. The van der Waals surface area contributed by atoms with Gasteiger partial charge in [-0.05, 0) is 25.5 Å². The van der Waals surface area contributed by atoms with E-state index in [-0.39, 0.29) is 0 Å². The van der Waals surface area contributed by atoms with E-state index in [1.165, 1.54) is 12.8 Å². The molecule has 3 heteroatoms. The van der Waals surface area contributed by atoms with Crippen LogP contribution in [0.5, 0.6) is 5.75 Å². The van der Waals surface area contributed by atoms with Gasteiger partial charge in [-0.1, -0.05) is 25.2 Å². The number of ether oxygens (including phenoxy) is 1. The summed E-state index contributed by atoms with van der Waals surface area (Å²) in [5.41, 5.74) is 0.935. The molecule has 0 saturated carbocycles. The van der Waals surface area contributed by atoms with Gasteiger partial charge in [0, 0.05) is 24.2 Å². The van der Waals surface area contributed by atoms with Crippen LogP contribution in [0.2, 0.25) is 0 Å². The van der Waals surface area contributed by atoms with Crippen molar-refractivity contribution < 1.29 is 4.74 Å². The first-order valence-corrected chi connectivity index (χ1v) is 6.68. The van der Waals surface area contributed by atoms with E-state index < -0.39 is 0 Å². The maximum Gasteiger partial charge on any atom is 0.138 e. The number of nitrogens with one attached hydrogen (secondary N) is 1. The van der Waals surface area contributed by atoms with Gasteiger partial charge in [-0.2, -0.15) is 0 Å². The lowest BCUT2D eigenvalue weighted by Crippen LogP contribution is -2.46. The molecule has 1 atom stereocenters. The van der Waals surface area contributed by atoms with Crippen LogP contribution in [0.25, 0.3) is 0 Å². The Morgan fingerprint density at radius 2 is 2.39 bits per heavy atom. The summed E-state index contributed by atoms with van der Waals surface area (Å²) in [6, 6.07) is 2.47. The molecule has 0 amide bonds. The second-order valence-corrected chi connectivity index (χ2v) is 4.57. The molecule has 1 fully saturated rings. The third-order valence-corrected chi connectivity index (χ3v) is 2.98. The number of pyridine rings is 1. The highest BCUT2D eigenvalue weighted by molar-refractivity contribution is 5.36. The summed E-state index contributed by atoms with van der Waals surface area (Å²) in [5.74, 6) is 7.10. The van der Waals surface area contributed by atoms with Crippen molar-refractivity contribution in [3.63, 3.8) is 0 Å². The van der Waals surface area contributed by atoms with Crippen LogP contribution in [0.3, 0.4) is 0 Å². The topological polar surface area (TPSA) is 34.1 Å². The molecule has 1 aromatic rings. The minimum Gasteiger partial charge on any atom is -0.490 e. The quantitative estimate of drug-likeness (QED) is 0.638. The number of hydrogen-bond donors (Lipinski definition) is 1. The third kappa shape index (κ3) is 4.05. The summed E-state index contributed by atoms with van der Waals surface area (Å²) in [6.07, 6.45) is 8.02. The molecule has 0 unspecified atom stereocenters. The highest BCUT2D eigenvalue weighted by Gasteiger charge is 2.16. The molecule has 1 aliphatic rings. The molecule has 0 bridgehead atoms. The average Bonchev–Trinajstić information content (AvgIpc) is 2.33. The van der Waals surface area contributed by atoms with Gasteiger partial charge < -0.3 is 10.1 Å². The van der Waals surface area contributed by atoms with Crippen molar-refractivity contribution in [3.8, 4) is 17.6 Å². The molecule has 3 nitrogen and oxygen atoms in total. The van der Waals surface area contributed by atoms with Crippen LogP contribution in [-0.4, -0.2) is 24.2 Å². The van der Waals surface area contributed by atoms with Crippen molar-refractivity contribution in [3.05, 3.63) is 24.0 Å². The van der Waals surface area contributed by atoms with Crippen molar-refractivity contribution in [2.24, 2.45) is 0 Å². The Morgan fingerprint density at radius 1 is 1.50 bits per heavy atom. The van der Waals surface area contributed by atoms with Gasteiger partial charge >= 0.3 is 0 Å². The van der Waals surface area contributed by atoms with Crippen molar-refractivity contribution in [2.75, 3.05) is 13.2 Å². The van der Waals surface area contributed by atoms with E-state index in [9.17, 15) is 0 Å². The summed E-state index contributed by atoms with van der Waals surface area (Å²) in [6.45, 7) is 4.00. The van der Waals surface area contributed by atoms with Crippen molar-refractivity contribution >= 4 is 0 Å². The second-order valence-electron chi connectivity index (χ2n) is 4.57. The van der Waals surface area contributed by atoms with Crippen LogP contribution < -0.4 is 10.1 Å². The molecular formula is C15H20N2O. The highest BCUT2D eigenvalue weighted by Crippen LogP contribution is 2.12. The maximum atomic E-state index is 5.69. The normalized spacial score (nSPS) is 17.5. The first-order chi connectivity index (χ1) is 8.88. The van der Waals surface area contributed by atoms with Crippen LogP contribution in [0.15, 0.2) is 18.5 Å². The molecule has 2 rings (SSSR count). The van der Waals surface area contributed by atoms with Crippen LogP contribution in [0, 0.1) is 11.8 Å². The number of aromatic nitrogens is 1. The largest absolute Gasteiger partial charge is 0.490 e. The zero-order chi connectivity index (χ0) is 12.6. The van der Waals surface area contributed by atoms with Gasteiger partial charge in [0.25, 0.3) is 0 Å². The summed E-state index contributed by atoms with van der Waals surface area (Å²) in [7, 11) is 0. The maximum absolute atomic E-state index is 5.69. The number of hydrogen-bond acceptors (Lipinski definition) is 3. The van der Waals surface area contributed by atoms with Gasteiger partial charge in [-0.3, -0.25) is 4.98 Å². The lowest BCUT2D eigenvalue weighted by atomic mass is 10.1. The van der Waals surface area contributed by atoms with E-state index in [1.54, 1.807) is 12.4 Å². The zero-order valence-electron chi connectivity index (χ0n) is 10.9. The van der Waals surface area contributed by atoms with Gasteiger partial charge in [-0.25, -0.2) is 0 Å². The monoisotopic (exact) mass is 244 g/mol. The Bertz CT molecular complexity index is 430. The highest BCUT2D eigenvalue weighted by atomic mass is 16.5. The Labute approximate surface area is 109 Å². The molecule has 1 aromatic heterocycles.